The lowest BCUT2D eigenvalue weighted by Crippen LogP contribution is -2.13. The molecule has 1 aliphatic carbocycles. The van der Waals surface area contributed by atoms with Gasteiger partial charge < -0.3 is 10.2 Å². The molecule has 6 nitrogen and oxygen atoms in total. The van der Waals surface area contributed by atoms with Gasteiger partial charge in [0.15, 0.2) is 0 Å². The third-order valence-corrected chi connectivity index (χ3v) is 3.58. The predicted octanol–water partition coefficient (Wildman–Crippen LogP) is 2.59. The average Bonchev–Trinajstić information content (AvgIpc) is 2.35. The number of nitrogens with zero attached hydrogens (tertiary/aromatic N) is 1. The molecule has 0 amide bonds. The van der Waals surface area contributed by atoms with Crippen molar-refractivity contribution in [2.45, 2.75) is 32.3 Å². The highest BCUT2D eigenvalue weighted by molar-refractivity contribution is 5.61. The molecule has 3 N–H and O–H groups in total. The Bertz CT molecular complexity index is 447. The summed E-state index contributed by atoms with van der Waals surface area (Å²) in [5.41, 5.74) is 3.51. The summed E-state index contributed by atoms with van der Waals surface area (Å²) in [4.78, 5) is 10.3. The van der Waals surface area contributed by atoms with Gasteiger partial charge in [0.05, 0.1) is 11.5 Å². The summed E-state index contributed by atoms with van der Waals surface area (Å²) in [7, 11) is 0. The van der Waals surface area contributed by atoms with Gasteiger partial charge in [0.2, 0.25) is 0 Å². The molecule has 0 unspecified atom stereocenters. The van der Waals surface area contributed by atoms with E-state index >= 15 is 0 Å². The second-order valence-electron chi connectivity index (χ2n) is 4.89. The Balaban J connectivity index is 1.84. The molecule has 0 heterocycles. The van der Waals surface area contributed by atoms with Crippen LogP contribution in [0.15, 0.2) is 18.2 Å². The molecule has 1 fully saturated rings. The Morgan fingerprint density at radius 3 is 2.84 bits per heavy atom. The number of hydrazine groups is 1. The quantitative estimate of drug-likeness (QED) is 0.342. The summed E-state index contributed by atoms with van der Waals surface area (Å²) in [6.07, 6.45) is 5.10. The number of nitrogens with one attached hydrogen (secondary N) is 1. The first-order chi connectivity index (χ1) is 9.20. The first-order valence-corrected chi connectivity index (χ1v) is 6.52. The van der Waals surface area contributed by atoms with Crippen LogP contribution in [0.5, 0.6) is 0 Å². The minimum absolute atomic E-state index is 0.0271. The molecule has 0 aliphatic heterocycles. The van der Waals surface area contributed by atoms with Gasteiger partial charge in [0.25, 0.3) is 5.69 Å². The number of nitro benzene ring substituents is 1. The molecule has 6 heteroatoms. The van der Waals surface area contributed by atoms with Crippen molar-refractivity contribution < 1.29 is 9.66 Å². The third kappa shape index (κ3) is 3.65. The fraction of sp³-hybridized carbons (Fsp3) is 0.538. The molecule has 1 saturated carbocycles. The van der Waals surface area contributed by atoms with Crippen molar-refractivity contribution in [2.24, 2.45) is 11.8 Å². The summed E-state index contributed by atoms with van der Waals surface area (Å²) in [5.74, 6) is 6.11. The van der Waals surface area contributed by atoms with Crippen molar-refractivity contribution >= 4 is 11.4 Å². The average molecular weight is 265 g/mol. The topological polar surface area (TPSA) is 90.4 Å². The molecule has 0 spiro atoms. The van der Waals surface area contributed by atoms with Crippen molar-refractivity contribution in [1.82, 2.24) is 0 Å². The molecule has 1 aliphatic rings. The van der Waals surface area contributed by atoms with E-state index in [9.17, 15) is 10.1 Å². The third-order valence-electron chi connectivity index (χ3n) is 3.58. The zero-order valence-corrected chi connectivity index (χ0v) is 10.8. The van der Waals surface area contributed by atoms with E-state index in [1.165, 1.54) is 25.3 Å². The standard InChI is InChI=1S/C13H19N3O3/c14-15-12-8-11(4-5-13(12)16(17)18)9-19-7-6-10-2-1-3-10/h4-5,8,10,15H,1-3,6-7,9,14H2. The maximum Gasteiger partial charge on any atom is 0.293 e. The number of hydrogen-bond acceptors (Lipinski definition) is 5. The van der Waals surface area contributed by atoms with Gasteiger partial charge in [-0.1, -0.05) is 19.3 Å². The molecule has 0 bridgehead atoms. The van der Waals surface area contributed by atoms with E-state index in [1.54, 1.807) is 12.1 Å². The first kappa shape index (κ1) is 13.8. The fourth-order valence-electron chi connectivity index (χ4n) is 2.17. The minimum atomic E-state index is -0.462. The van der Waals surface area contributed by atoms with Crippen LogP contribution < -0.4 is 11.3 Å². The van der Waals surface area contributed by atoms with E-state index in [0.29, 0.717) is 12.3 Å². The molecular weight excluding hydrogens is 246 g/mol. The Kier molecular flexibility index (Phi) is 4.70. The van der Waals surface area contributed by atoms with Crippen molar-refractivity contribution in [3.63, 3.8) is 0 Å². The number of benzene rings is 1. The van der Waals surface area contributed by atoms with Crippen molar-refractivity contribution in [3.8, 4) is 0 Å². The molecular formula is C13H19N3O3. The Morgan fingerprint density at radius 2 is 2.26 bits per heavy atom. The van der Waals surface area contributed by atoms with Crippen molar-refractivity contribution in [2.75, 3.05) is 12.0 Å². The summed E-state index contributed by atoms with van der Waals surface area (Å²) in [6.45, 7) is 1.20. The van der Waals surface area contributed by atoms with Crippen LogP contribution in [0.4, 0.5) is 11.4 Å². The summed E-state index contributed by atoms with van der Waals surface area (Å²) in [5, 5.41) is 10.7. The van der Waals surface area contributed by atoms with Crippen LogP contribution in [-0.4, -0.2) is 11.5 Å². The van der Waals surface area contributed by atoms with E-state index in [-0.39, 0.29) is 5.69 Å². The van der Waals surface area contributed by atoms with Gasteiger partial charge in [-0.2, -0.15) is 0 Å². The molecule has 104 valence electrons. The molecule has 2 rings (SSSR count). The van der Waals surface area contributed by atoms with Crippen molar-refractivity contribution in [3.05, 3.63) is 33.9 Å². The molecule has 19 heavy (non-hydrogen) atoms. The smallest absolute Gasteiger partial charge is 0.293 e. The number of nitrogen functional groups attached to an aromatic ring is 1. The Labute approximate surface area is 112 Å². The highest BCUT2D eigenvalue weighted by atomic mass is 16.6. The highest BCUT2D eigenvalue weighted by Gasteiger charge is 2.17. The number of rotatable bonds is 7. The van der Waals surface area contributed by atoms with Crippen LogP contribution in [0.2, 0.25) is 0 Å². The first-order valence-electron chi connectivity index (χ1n) is 6.52. The van der Waals surface area contributed by atoms with Crippen LogP contribution in [0, 0.1) is 16.0 Å². The van der Waals surface area contributed by atoms with Gasteiger partial charge in [-0.25, -0.2) is 0 Å². The van der Waals surface area contributed by atoms with Crippen LogP contribution in [0.3, 0.4) is 0 Å². The van der Waals surface area contributed by atoms with Gasteiger partial charge in [-0.05, 0) is 30.0 Å². The number of nitrogens with two attached hydrogens (primary N) is 1. The molecule has 0 radical (unpaired) electrons. The van der Waals surface area contributed by atoms with E-state index in [2.05, 4.69) is 5.43 Å². The number of nitro groups is 1. The zero-order chi connectivity index (χ0) is 13.7. The highest BCUT2D eigenvalue weighted by Crippen LogP contribution is 2.29. The number of hydrogen-bond donors (Lipinski definition) is 2. The van der Waals surface area contributed by atoms with Gasteiger partial charge in [0, 0.05) is 12.7 Å². The SMILES string of the molecule is NNc1cc(COCCC2CCC2)ccc1[N+](=O)[O-]. The van der Waals surface area contributed by atoms with Gasteiger partial charge in [0.1, 0.15) is 5.69 Å². The van der Waals surface area contributed by atoms with Crippen LogP contribution >= 0.6 is 0 Å². The van der Waals surface area contributed by atoms with Crippen LogP contribution in [0.1, 0.15) is 31.2 Å². The monoisotopic (exact) mass is 265 g/mol. The van der Waals surface area contributed by atoms with Crippen molar-refractivity contribution in [1.29, 1.82) is 0 Å². The van der Waals surface area contributed by atoms with Gasteiger partial charge >= 0.3 is 0 Å². The Morgan fingerprint density at radius 1 is 1.47 bits per heavy atom. The van der Waals surface area contributed by atoms with Gasteiger partial charge in [-0.3, -0.25) is 16.0 Å². The van der Waals surface area contributed by atoms with E-state index in [0.717, 1.165) is 24.5 Å². The second-order valence-corrected chi connectivity index (χ2v) is 4.89. The maximum absolute atomic E-state index is 10.7. The normalized spacial score (nSPS) is 15.0. The summed E-state index contributed by atoms with van der Waals surface area (Å²) >= 11 is 0. The molecule has 1 aromatic carbocycles. The summed E-state index contributed by atoms with van der Waals surface area (Å²) in [6, 6.07) is 4.80. The lowest BCUT2D eigenvalue weighted by Gasteiger charge is -2.24. The molecule has 0 saturated heterocycles. The van der Waals surface area contributed by atoms with Crippen LogP contribution in [-0.2, 0) is 11.3 Å². The van der Waals surface area contributed by atoms with E-state index < -0.39 is 4.92 Å². The fourth-order valence-corrected chi connectivity index (χ4v) is 2.17. The lowest BCUT2D eigenvalue weighted by atomic mass is 9.83. The second kappa shape index (κ2) is 6.49. The maximum atomic E-state index is 10.7. The molecule has 0 aromatic heterocycles. The van der Waals surface area contributed by atoms with Crippen LogP contribution in [0.25, 0.3) is 0 Å². The minimum Gasteiger partial charge on any atom is -0.377 e. The Hall–Kier alpha value is -1.66. The zero-order valence-electron chi connectivity index (χ0n) is 10.8. The number of ether oxygens (including phenoxy) is 1. The predicted molar refractivity (Wildman–Crippen MR) is 72.5 cm³/mol. The molecule has 0 atom stereocenters. The largest absolute Gasteiger partial charge is 0.377 e. The number of anilines is 1. The summed E-state index contributed by atoms with van der Waals surface area (Å²) < 4.78 is 5.59. The van der Waals surface area contributed by atoms with E-state index in [1.807, 2.05) is 0 Å². The van der Waals surface area contributed by atoms with Gasteiger partial charge in [-0.15, -0.1) is 0 Å². The lowest BCUT2D eigenvalue weighted by molar-refractivity contribution is -0.384. The molecule has 1 aromatic rings. The van der Waals surface area contributed by atoms with E-state index in [4.69, 9.17) is 10.6 Å².